The fourth-order valence-corrected chi connectivity index (χ4v) is 7.02. The van der Waals surface area contributed by atoms with Crippen LogP contribution in [-0.4, -0.2) is 59.5 Å². The zero-order valence-corrected chi connectivity index (χ0v) is 26.2. The number of thiophene rings is 1. The lowest BCUT2D eigenvalue weighted by molar-refractivity contribution is -0.129. The van der Waals surface area contributed by atoms with Crippen molar-refractivity contribution in [2.24, 2.45) is 7.05 Å². The van der Waals surface area contributed by atoms with E-state index in [1.807, 2.05) is 58.9 Å². The number of pyridine rings is 1. The molecule has 0 fully saturated rings. The molecule has 0 aliphatic carbocycles. The minimum absolute atomic E-state index is 0.0159. The van der Waals surface area contributed by atoms with Crippen LogP contribution in [0.25, 0.3) is 54.9 Å². The number of hydrogen-bond donors (Lipinski definition) is 1. The number of carbonyl (C=O) groups excluding carboxylic acids is 1. The lowest BCUT2D eigenvalue weighted by atomic mass is 9.95. The number of nitrogens with zero attached hydrogens (tertiary/aromatic N) is 6. The third-order valence-corrected chi connectivity index (χ3v) is 9.24. The van der Waals surface area contributed by atoms with Crippen LogP contribution in [0.4, 0.5) is 8.78 Å². The second kappa shape index (κ2) is 11.5. The molecule has 1 aliphatic heterocycles. The molecule has 46 heavy (non-hydrogen) atoms. The van der Waals surface area contributed by atoms with Gasteiger partial charge in [0.25, 0.3) is 0 Å². The number of rotatable bonds is 7. The Kier molecular flexibility index (Phi) is 7.41. The highest BCUT2D eigenvalue weighted by atomic mass is 32.1. The zero-order chi connectivity index (χ0) is 32.3. The SMILES string of the molecule is C=CC(=O)N1CCn2nc(-c3nc(-c4ccc5c(c4)ncn5C)c4sccc4c3-c3c(F)cc(F)cc3OC[C@@H](C)O)cc2[C@H]1C. The Balaban J connectivity index is 1.51. The molecule has 2 aromatic carbocycles. The molecule has 2 atom stereocenters. The van der Waals surface area contributed by atoms with E-state index in [-0.39, 0.29) is 29.9 Å². The van der Waals surface area contributed by atoms with Crippen LogP contribution >= 0.6 is 11.3 Å². The molecule has 0 unspecified atom stereocenters. The third-order valence-electron chi connectivity index (χ3n) is 8.32. The van der Waals surface area contributed by atoms with Gasteiger partial charge in [0.05, 0.1) is 57.7 Å². The molecule has 5 heterocycles. The summed E-state index contributed by atoms with van der Waals surface area (Å²) in [5.74, 6) is -1.88. The minimum atomic E-state index is -0.871. The van der Waals surface area contributed by atoms with Crippen molar-refractivity contribution in [3.05, 3.63) is 84.2 Å². The van der Waals surface area contributed by atoms with E-state index in [0.717, 1.165) is 39.1 Å². The molecule has 12 heteroatoms. The minimum Gasteiger partial charge on any atom is -0.490 e. The Morgan fingerprint density at radius 1 is 1.17 bits per heavy atom. The topological polar surface area (TPSA) is 98.3 Å². The third kappa shape index (κ3) is 4.94. The first-order chi connectivity index (χ1) is 22.1. The average Bonchev–Trinajstić information content (AvgIpc) is 3.78. The first-order valence-corrected chi connectivity index (χ1v) is 15.7. The van der Waals surface area contributed by atoms with Crippen LogP contribution in [0.1, 0.15) is 25.6 Å². The summed E-state index contributed by atoms with van der Waals surface area (Å²) >= 11 is 1.45. The lowest BCUT2D eigenvalue weighted by Gasteiger charge is -2.33. The van der Waals surface area contributed by atoms with Crippen LogP contribution in [0.2, 0.25) is 0 Å². The Hall–Kier alpha value is -4.94. The van der Waals surface area contributed by atoms with Crippen molar-refractivity contribution in [2.45, 2.75) is 32.5 Å². The zero-order valence-electron chi connectivity index (χ0n) is 25.4. The number of hydrogen-bond acceptors (Lipinski definition) is 7. The molecule has 0 saturated carbocycles. The molecular formula is C34H30F2N6O3S. The maximum absolute atomic E-state index is 16.0. The highest BCUT2D eigenvalue weighted by Crippen LogP contribution is 2.47. The number of ether oxygens (including phenoxy) is 1. The van der Waals surface area contributed by atoms with Gasteiger partial charge in [-0.1, -0.05) is 12.6 Å². The quantitative estimate of drug-likeness (QED) is 0.200. The maximum atomic E-state index is 16.0. The number of aliphatic hydroxyl groups is 1. The largest absolute Gasteiger partial charge is 0.490 e. The van der Waals surface area contributed by atoms with Gasteiger partial charge in [0, 0.05) is 42.2 Å². The van der Waals surface area contributed by atoms with Crippen molar-refractivity contribution in [1.82, 2.24) is 29.2 Å². The van der Waals surface area contributed by atoms with Gasteiger partial charge in [-0.2, -0.15) is 5.10 Å². The van der Waals surface area contributed by atoms with Crippen molar-refractivity contribution < 1.29 is 23.4 Å². The summed E-state index contributed by atoms with van der Waals surface area (Å²) in [5, 5.41) is 17.4. The van der Waals surface area contributed by atoms with E-state index in [1.165, 1.54) is 24.3 Å². The molecule has 0 radical (unpaired) electrons. The van der Waals surface area contributed by atoms with Gasteiger partial charge in [-0.3, -0.25) is 9.48 Å². The smallest absolute Gasteiger partial charge is 0.246 e. The van der Waals surface area contributed by atoms with E-state index in [9.17, 15) is 14.3 Å². The molecule has 1 amide bonds. The van der Waals surface area contributed by atoms with E-state index in [4.69, 9.17) is 14.8 Å². The number of amides is 1. The lowest BCUT2D eigenvalue weighted by Crippen LogP contribution is -2.40. The van der Waals surface area contributed by atoms with Crippen molar-refractivity contribution in [1.29, 1.82) is 0 Å². The average molecular weight is 641 g/mol. The normalized spacial score (nSPS) is 15.3. The molecule has 234 valence electrons. The van der Waals surface area contributed by atoms with E-state index in [0.29, 0.717) is 41.1 Å². The molecule has 1 aliphatic rings. The second-order valence-electron chi connectivity index (χ2n) is 11.4. The Bertz CT molecular complexity index is 2170. The summed E-state index contributed by atoms with van der Waals surface area (Å²) in [6.45, 7) is 7.82. The summed E-state index contributed by atoms with van der Waals surface area (Å²) in [7, 11) is 1.93. The van der Waals surface area contributed by atoms with Gasteiger partial charge in [-0.05, 0) is 49.6 Å². The van der Waals surface area contributed by atoms with Gasteiger partial charge in [-0.25, -0.2) is 18.7 Å². The summed E-state index contributed by atoms with van der Waals surface area (Å²) in [6.07, 6.45) is 2.18. The predicted molar refractivity (Wildman–Crippen MR) is 173 cm³/mol. The Morgan fingerprint density at radius 2 is 2.00 bits per heavy atom. The predicted octanol–water partition coefficient (Wildman–Crippen LogP) is 6.51. The molecule has 0 bridgehead atoms. The fourth-order valence-electron chi connectivity index (χ4n) is 6.11. The number of halogens is 2. The van der Waals surface area contributed by atoms with Gasteiger partial charge in [-0.15, -0.1) is 11.3 Å². The monoisotopic (exact) mass is 640 g/mol. The van der Waals surface area contributed by atoms with Crippen molar-refractivity contribution in [2.75, 3.05) is 13.2 Å². The van der Waals surface area contributed by atoms with Crippen LogP contribution in [0, 0.1) is 11.6 Å². The number of imidazole rings is 1. The van der Waals surface area contributed by atoms with Crippen LogP contribution in [-0.2, 0) is 18.4 Å². The van der Waals surface area contributed by atoms with Gasteiger partial charge >= 0.3 is 0 Å². The van der Waals surface area contributed by atoms with Crippen LogP contribution < -0.4 is 4.74 Å². The first-order valence-electron chi connectivity index (χ1n) is 14.8. The van der Waals surface area contributed by atoms with E-state index in [2.05, 4.69) is 11.6 Å². The molecule has 1 N–H and O–H groups in total. The number of fused-ring (bicyclic) bond motifs is 3. The molecule has 7 rings (SSSR count). The van der Waals surface area contributed by atoms with Gasteiger partial charge in [0.2, 0.25) is 5.91 Å². The molecule has 6 aromatic rings. The van der Waals surface area contributed by atoms with E-state index < -0.39 is 17.7 Å². The first kappa shape index (κ1) is 29.8. The second-order valence-corrected chi connectivity index (χ2v) is 12.3. The van der Waals surface area contributed by atoms with Crippen LogP contribution in [0.3, 0.4) is 0 Å². The van der Waals surface area contributed by atoms with E-state index in [1.54, 1.807) is 11.2 Å². The standard InChI is InChI=1S/C34H30F2N6O3S/c1-5-29(44)41-9-10-42-27(19(41)3)15-25(39-42)33-30(31-23(36)13-21(35)14-28(31)45-16-18(2)43)22-8-11-46-34(22)32(38-33)20-6-7-26-24(12-20)37-17-40(26)4/h5-8,11-15,17-19,43H,1,9-10,16H2,2-4H3/t18-,19-/m1/s1. The summed E-state index contributed by atoms with van der Waals surface area (Å²) in [6, 6.07) is 11.3. The highest BCUT2D eigenvalue weighted by Gasteiger charge is 2.31. The van der Waals surface area contributed by atoms with Gasteiger partial charge in [0.15, 0.2) is 0 Å². The number of aromatic nitrogens is 5. The van der Waals surface area contributed by atoms with Gasteiger partial charge < -0.3 is 19.3 Å². The van der Waals surface area contributed by atoms with Crippen molar-refractivity contribution in [3.8, 4) is 39.5 Å². The molecule has 0 saturated heterocycles. The Labute approximate surface area is 267 Å². The highest BCUT2D eigenvalue weighted by molar-refractivity contribution is 7.17. The van der Waals surface area contributed by atoms with Crippen LogP contribution in [0.5, 0.6) is 5.75 Å². The fraction of sp³-hybridized carbons (Fsp3) is 0.235. The number of carbonyl (C=O) groups is 1. The summed E-state index contributed by atoms with van der Waals surface area (Å²) in [5.41, 5.74) is 5.26. The van der Waals surface area contributed by atoms with Crippen molar-refractivity contribution in [3.63, 3.8) is 0 Å². The van der Waals surface area contributed by atoms with E-state index >= 15 is 4.39 Å². The molecule has 0 spiro atoms. The molecule has 9 nitrogen and oxygen atoms in total. The number of aryl methyl sites for hydroxylation is 1. The van der Waals surface area contributed by atoms with Crippen molar-refractivity contribution >= 4 is 38.4 Å². The number of benzene rings is 2. The summed E-state index contributed by atoms with van der Waals surface area (Å²) < 4.78 is 41.0. The summed E-state index contributed by atoms with van der Waals surface area (Å²) in [4.78, 5) is 24.0. The molecular weight excluding hydrogens is 610 g/mol. The number of aliphatic hydroxyl groups excluding tert-OH is 1. The van der Waals surface area contributed by atoms with Gasteiger partial charge in [0.1, 0.15) is 35.4 Å². The van der Waals surface area contributed by atoms with Crippen LogP contribution in [0.15, 0.2) is 66.8 Å². The molecule has 4 aromatic heterocycles. The maximum Gasteiger partial charge on any atom is 0.246 e. The Morgan fingerprint density at radius 3 is 2.78 bits per heavy atom.